The van der Waals surface area contributed by atoms with E-state index >= 15 is 0 Å². The van der Waals surface area contributed by atoms with Crippen molar-refractivity contribution in [1.29, 1.82) is 0 Å². The lowest BCUT2D eigenvalue weighted by molar-refractivity contribution is -0.120. The van der Waals surface area contributed by atoms with Crippen molar-refractivity contribution in [3.05, 3.63) is 78.4 Å². The first kappa shape index (κ1) is 17.9. The van der Waals surface area contributed by atoms with Gasteiger partial charge in [0.05, 0.1) is 13.0 Å². The van der Waals surface area contributed by atoms with Crippen LogP contribution in [0.3, 0.4) is 0 Å². The minimum atomic E-state index is -0.0262. The van der Waals surface area contributed by atoms with Crippen molar-refractivity contribution in [1.82, 2.24) is 5.32 Å². The van der Waals surface area contributed by atoms with Gasteiger partial charge in [0.15, 0.2) is 11.5 Å². The Morgan fingerprint density at radius 1 is 0.893 bits per heavy atom. The van der Waals surface area contributed by atoms with Crippen LogP contribution in [0.15, 0.2) is 72.8 Å². The number of hydrogen-bond donors (Lipinski definition) is 1. The van der Waals surface area contributed by atoms with Gasteiger partial charge in [0.2, 0.25) is 12.7 Å². The molecule has 0 bridgehead atoms. The van der Waals surface area contributed by atoms with Crippen molar-refractivity contribution in [3.63, 3.8) is 0 Å². The molecule has 1 N–H and O–H groups in total. The molecule has 1 amide bonds. The first-order valence-corrected chi connectivity index (χ1v) is 9.21. The highest BCUT2D eigenvalue weighted by atomic mass is 16.7. The number of hydrogen-bond acceptors (Lipinski definition) is 4. The van der Waals surface area contributed by atoms with Crippen molar-refractivity contribution in [3.8, 4) is 28.4 Å². The van der Waals surface area contributed by atoms with Crippen molar-refractivity contribution in [2.75, 3.05) is 19.9 Å². The minimum Gasteiger partial charge on any atom is -0.492 e. The summed E-state index contributed by atoms with van der Waals surface area (Å²) in [5, 5.41) is 2.88. The highest BCUT2D eigenvalue weighted by Crippen LogP contribution is 2.34. The zero-order valence-corrected chi connectivity index (χ0v) is 15.4. The number of carbonyl (C=O) groups excluding carboxylic acids is 1. The number of nitrogens with one attached hydrogen (secondary N) is 1. The van der Waals surface area contributed by atoms with Crippen LogP contribution in [0.2, 0.25) is 0 Å². The largest absolute Gasteiger partial charge is 0.492 e. The second-order valence-electron chi connectivity index (χ2n) is 6.45. The van der Waals surface area contributed by atoms with Crippen LogP contribution in [0.5, 0.6) is 17.2 Å². The summed E-state index contributed by atoms with van der Waals surface area (Å²) in [4.78, 5) is 12.1. The van der Waals surface area contributed by atoms with Crippen LogP contribution in [0.25, 0.3) is 11.1 Å². The van der Waals surface area contributed by atoms with E-state index in [4.69, 9.17) is 14.2 Å². The highest BCUT2D eigenvalue weighted by molar-refractivity contribution is 5.78. The van der Waals surface area contributed by atoms with Gasteiger partial charge in [0.1, 0.15) is 12.4 Å². The van der Waals surface area contributed by atoms with Crippen LogP contribution >= 0.6 is 0 Å². The average Bonchev–Trinajstić information content (AvgIpc) is 3.20. The molecule has 3 aromatic carbocycles. The van der Waals surface area contributed by atoms with Gasteiger partial charge in [-0.25, -0.2) is 0 Å². The number of rotatable bonds is 7. The minimum absolute atomic E-state index is 0.0262. The van der Waals surface area contributed by atoms with Crippen LogP contribution < -0.4 is 19.5 Å². The Hall–Kier alpha value is -3.47. The predicted octanol–water partition coefficient (Wildman–Crippen LogP) is 3.82. The van der Waals surface area contributed by atoms with Gasteiger partial charge in [0.25, 0.3) is 0 Å². The summed E-state index contributed by atoms with van der Waals surface area (Å²) < 4.78 is 16.2. The molecule has 1 heterocycles. The molecule has 5 nitrogen and oxygen atoms in total. The molecule has 1 aliphatic rings. The SMILES string of the molecule is O=C(Cc1ccc(-c2ccccc2)cc1)NCCOc1ccc2c(c1)OCO2. The molecule has 0 saturated carbocycles. The summed E-state index contributed by atoms with van der Waals surface area (Å²) in [7, 11) is 0. The van der Waals surface area contributed by atoms with Gasteiger partial charge < -0.3 is 19.5 Å². The Labute approximate surface area is 163 Å². The third-order valence-corrected chi connectivity index (χ3v) is 4.46. The fourth-order valence-corrected chi connectivity index (χ4v) is 3.02. The van der Waals surface area contributed by atoms with E-state index in [9.17, 15) is 4.79 Å². The van der Waals surface area contributed by atoms with Crippen LogP contribution in [0, 0.1) is 0 Å². The molecular formula is C23H21NO4. The summed E-state index contributed by atoms with van der Waals surface area (Å²) in [5.74, 6) is 2.07. The van der Waals surface area contributed by atoms with Gasteiger partial charge in [-0.2, -0.15) is 0 Å². The van der Waals surface area contributed by atoms with Crippen LogP contribution in [0.4, 0.5) is 0 Å². The summed E-state index contributed by atoms with van der Waals surface area (Å²) in [6, 6.07) is 23.7. The van der Waals surface area contributed by atoms with Crippen molar-refractivity contribution >= 4 is 5.91 Å². The molecule has 0 radical (unpaired) electrons. The van der Waals surface area contributed by atoms with E-state index in [0.29, 0.717) is 31.1 Å². The lowest BCUT2D eigenvalue weighted by Gasteiger charge is -2.09. The van der Waals surface area contributed by atoms with Crippen LogP contribution in [-0.2, 0) is 11.2 Å². The molecule has 3 aromatic rings. The second-order valence-corrected chi connectivity index (χ2v) is 6.45. The molecule has 0 aliphatic carbocycles. The Kier molecular flexibility index (Phi) is 5.43. The van der Waals surface area contributed by atoms with Gasteiger partial charge >= 0.3 is 0 Å². The van der Waals surface area contributed by atoms with Gasteiger partial charge in [0, 0.05) is 6.07 Å². The van der Waals surface area contributed by atoms with Crippen molar-refractivity contribution in [2.24, 2.45) is 0 Å². The first-order valence-electron chi connectivity index (χ1n) is 9.21. The van der Waals surface area contributed by atoms with E-state index in [1.54, 1.807) is 6.07 Å². The first-order chi connectivity index (χ1) is 13.8. The molecular weight excluding hydrogens is 354 g/mol. The lowest BCUT2D eigenvalue weighted by Crippen LogP contribution is -2.29. The highest BCUT2D eigenvalue weighted by Gasteiger charge is 2.13. The third-order valence-electron chi connectivity index (χ3n) is 4.46. The van der Waals surface area contributed by atoms with Gasteiger partial charge in [-0.15, -0.1) is 0 Å². The van der Waals surface area contributed by atoms with E-state index in [2.05, 4.69) is 17.4 Å². The van der Waals surface area contributed by atoms with Crippen LogP contribution in [-0.4, -0.2) is 25.9 Å². The molecule has 4 rings (SSSR count). The maximum atomic E-state index is 12.1. The van der Waals surface area contributed by atoms with Gasteiger partial charge in [-0.1, -0.05) is 54.6 Å². The summed E-state index contributed by atoms with van der Waals surface area (Å²) >= 11 is 0. The second kappa shape index (κ2) is 8.48. The van der Waals surface area contributed by atoms with E-state index in [1.807, 2.05) is 54.6 Å². The molecule has 5 heteroatoms. The summed E-state index contributed by atoms with van der Waals surface area (Å²) in [6.07, 6.45) is 0.346. The average molecular weight is 375 g/mol. The summed E-state index contributed by atoms with van der Waals surface area (Å²) in [6.45, 7) is 1.06. The number of benzene rings is 3. The van der Waals surface area contributed by atoms with E-state index in [-0.39, 0.29) is 12.7 Å². The molecule has 0 atom stereocenters. The molecule has 0 unspecified atom stereocenters. The Balaban J connectivity index is 1.21. The standard InChI is InChI=1S/C23H21NO4/c25-23(14-17-6-8-19(9-7-17)18-4-2-1-3-5-18)24-12-13-26-20-10-11-21-22(15-20)28-16-27-21/h1-11,15H,12-14,16H2,(H,24,25). The number of carbonyl (C=O) groups is 1. The maximum Gasteiger partial charge on any atom is 0.231 e. The molecule has 0 aromatic heterocycles. The Morgan fingerprint density at radius 2 is 1.64 bits per heavy atom. The predicted molar refractivity (Wildman–Crippen MR) is 107 cm³/mol. The summed E-state index contributed by atoms with van der Waals surface area (Å²) in [5.41, 5.74) is 3.29. The third kappa shape index (κ3) is 4.43. The number of amides is 1. The quantitative estimate of drug-likeness (QED) is 0.638. The zero-order chi connectivity index (χ0) is 19.2. The topological polar surface area (TPSA) is 56.8 Å². The Morgan fingerprint density at radius 3 is 2.46 bits per heavy atom. The van der Waals surface area contributed by atoms with Crippen molar-refractivity contribution < 1.29 is 19.0 Å². The van der Waals surface area contributed by atoms with Crippen LogP contribution in [0.1, 0.15) is 5.56 Å². The molecule has 0 fully saturated rings. The smallest absolute Gasteiger partial charge is 0.231 e. The zero-order valence-electron chi connectivity index (χ0n) is 15.4. The molecule has 142 valence electrons. The Bertz CT molecular complexity index is 939. The lowest BCUT2D eigenvalue weighted by atomic mass is 10.0. The van der Waals surface area contributed by atoms with Gasteiger partial charge in [-0.3, -0.25) is 4.79 Å². The molecule has 0 spiro atoms. The van der Waals surface area contributed by atoms with E-state index < -0.39 is 0 Å². The molecule has 0 saturated heterocycles. The monoisotopic (exact) mass is 375 g/mol. The van der Waals surface area contributed by atoms with Crippen molar-refractivity contribution in [2.45, 2.75) is 6.42 Å². The number of fused-ring (bicyclic) bond motifs is 1. The fourth-order valence-electron chi connectivity index (χ4n) is 3.02. The molecule has 1 aliphatic heterocycles. The van der Waals surface area contributed by atoms with Gasteiger partial charge in [-0.05, 0) is 28.8 Å². The molecule has 28 heavy (non-hydrogen) atoms. The van der Waals surface area contributed by atoms with E-state index in [0.717, 1.165) is 16.9 Å². The number of ether oxygens (including phenoxy) is 3. The fraction of sp³-hybridized carbons (Fsp3) is 0.174. The normalized spacial score (nSPS) is 11.9. The van der Waals surface area contributed by atoms with E-state index in [1.165, 1.54) is 5.56 Å². The maximum absolute atomic E-state index is 12.1.